The van der Waals surface area contributed by atoms with E-state index in [0.29, 0.717) is 0 Å². The Bertz CT molecular complexity index is 466. The van der Waals surface area contributed by atoms with Crippen LogP contribution in [0.1, 0.15) is 37.7 Å². The van der Waals surface area contributed by atoms with Gasteiger partial charge in [-0.15, -0.1) is 0 Å². The zero-order chi connectivity index (χ0) is 14.0. The van der Waals surface area contributed by atoms with Crippen LogP contribution >= 0.6 is 0 Å². The van der Waals surface area contributed by atoms with Crippen molar-refractivity contribution in [3.63, 3.8) is 0 Å². The van der Waals surface area contributed by atoms with Crippen molar-refractivity contribution in [3.8, 4) is 5.88 Å². The lowest BCUT2D eigenvalue weighted by Crippen LogP contribution is -2.46. The van der Waals surface area contributed by atoms with Crippen molar-refractivity contribution in [3.05, 3.63) is 23.9 Å². The van der Waals surface area contributed by atoms with Crippen molar-refractivity contribution in [1.82, 2.24) is 9.88 Å². The standard InChI is InChI=1S/C16H24N2O2/c1-20-15-13(5-3-9-17-15)11-18-10-4-8-16(12-18)7-2-6-14(16)19/h3,5,9,14,19H,2,4,6-8,10-12H2,1H3/t14-,16+/m1/s1. The van der Waals surface area contributed by atoms with E-state index in [-0.39, 0.29) is 11.5 Å². The molecular weight excluding hydrogens is 252 g/mol. The minimum Gasteiger partial charge on any atom is -0.481 e. The van der Waals surface area contributed by atoms with Crippen LogP contribution in [0.2, 0.25) is 0 Å². The maximum Gasteiger partial charge on any atom is 0.217 e. The third-order valence-electron chi connectivity index (χ3n) is 4.98. The average Bonchev–Trinajstić information content (AvgIpc) is 2.80. The minimum absolute atomic E-state index is 0.110. The number of aliphatic hydroxyl groups excluding tert-OH is 1. The first-order valence-corrected chi connectivity index (χ1v) is 7.62. The monoisotopic (exact) mass is 276 g/mol. The summed E-state index contributed by atoms with van der Waals surface area (Å²) in [6, 6.07) is 4.04. The summed E-state index contributed by atoms with van der Waals surface area (Å²) in [5.74, 6) is 0.721. The molecule has 2 atom stereocenters. The molecule has 0 amide bonds. The lowest BCUT2D eigenvalue weighted by molar-refractivity contribution is -0.0122. The fourth-order valence-electron chi connectivity index (χ4n) is 3.96. The van der Waals surface area contributed by atoms with Crippen molar-refractivity contribution in [2.45, 2.75) is 44.8 Å². The van der Waals surface area contributed by atoms with Gasteiger partial charge in [0, 0.05) is 30.3 Å². The van der Waals surface area contributed by atoms with Gasteiger partial charge in [0.2, 0.25) is 5.88 Å². The Morgan fingerprint density at radius 3 is 3.05 bits per heavy atom. The summed E-state index contributed by atoms with van der Waals surface area (Å²) in [5.41, 5.74) is 1.28. The van der Waals surface area contributed by atoms with Crippen LogP contribution in [-0.2, 0) is 6.54 Å². The Hall–Kier alpha value is -1.13. The highest BCUT2D eigenvalue weighted by Crippen LogP contribution is 2.45. The normalized spacial score (nSPS) is 30.8. The molecule has 3 rings (SSSR count). The maximum atomic E-state index is 10.3. The van der Waals surface area contributed by atoms with Crippen molar-refractivity contribution in [2.75, 3.05) is 20.2 Å². The molecule has 1 aliphatic heterocycles. The molecule has 20 heavy (non-hydrogen) atoms. The quantitative estimate of drug-likeness (QED) is 0.919. The number of hydrogen-bond donors (Lipinski definition) is 1. The first kappa shape index (κ1) is 13.8. The second kappa shape index (κ2) is 5.70. The average molecular weight is 276 g/mol. The predicted octanol–water partition coefficient (Wildman–Crippen LogP) is 2.22. The van der Waals surface area contributed by atoms with Gasteiger partial charge in [-0.3, -0.25) is 4.90 Å². The van der Waals surface area contributed by atoms with E-state index in [9.17, 15) is 5.11 Å². The van der Waals surface area contributed by atoms with Crippen molar-refractivity contribution in [2.24, 2.45) is 5.41 Å². The summed E-state index contributed by atoms with van der Waals surface area (Å²) in [5, 5.41) is 10.3. The summed E-state index contributed by atoms with van der Waals surface area (Å²) in [6.07, 6.45) is 7.33. The Morgan fingerprint density at radius 1 is 1.45 bits per heavy atom. The lowest BCUT2D eigenvalue weighted by Gasteiger charge is -2.42. The molecule has 1 spiro atoms. The number of pyridine rings is 1. The third-order valence-corrected chi connectivity index (χ3v) is 4.98. The van der Waals surface area contributed by atoms with Crippen LogP contribution in [-0.4, -0.2) is 41.3 Å². The number of aliphatic hydroxyl groups is 1. The molecule has 1 saturated carbocycles. The van der Waals surface area contributed by atoms with Gasteiger partial charge < -0.3 is 9.84 Å². The molecule has 1 N–H and O–H groups in total. The lowest BCUT2D eigenvalue weighted by atomic mass is 9.76. The van der Waals surface area contributed by atoms with Gasteiger partial charge in [-0.1, -0.05) is 12.5 Å². The molecule has 1 aliphatic carbocycles. The molecule has 0 bridgehead atoms. The van der Waals surface area contributed by atoms with E-state index >= 15 is 0 Å². The van der Waals surface area contributed by atoms with Gasteiger partial charge in [0.05, 0.1) is 13.2 Å². The Kier molecular flexibility index (Phi) is 3.94. The first-order chi connectivity index (χ1) is 9.73. The first-order valence-electron chi connectivity index (χ1n) is 7.62. The van der Waals surface area contributed by atoms with Crippen LogP contribution in [0.4, 0.5) is 0 Å². The van der Waals surface area contributed by atoms with Gasteiger partial charge in [0.1, 0.15) is 0 Å². The summed E-state index contributed by atoms with van der Waals surface area (Å²) >= 11 is 0. The summed E-state index contributed by atoms with van der Waals surface area (Å²) in [7, 11) is 1.67. The molecule has 0 radical (unpaired) electrons. The van der Waals surface area contributed by atoms with Crippen LogP contribution < -0.4 is 4.74 Å². The van der Waals surface area contributed by atoms with Gasteiger partial charge in [0.15, 0.2) is 0 Å². The zero-order valence-corrected chi connectivity index (χ0v) is 12.2. The van der Waals surface area contributed by atoms with Crippen LogP contribution in [0.15, 0.2) is 18.3 Å². The second-order valence-corrected chi connectivity index (χ2v) is 6.26. The molecule has 2 aliphatic rings. The van der Waals surface area contributed by atoms with Gasteiger partial charge in [-0.25, -0.2) is 4.98 Å². The van der Waals surface area contributed by atoms with Gasteiger partial charge in [0.25, 0.3) is 0 Å². The van der Waals surface area contributed by atoms with E-state index in [1.807, 2.05) is 6.07 Å². The summed E-state index contributed by atoms with van der Waals surface area (Å²) < 4.78 is 5.34. The fourth-order valence-corrected chi connectivity index (χ4v) is 3.96. The molecule has 1 saturated heterocycles. The number of likely N-dealkylation sites (tertiary alicyclic amines) is 1. The van der Waals surface area contributed by atoms with Gasteiger partial charge in [-0.05, 0) is 38.3 Å². The van der Waals surface area contributed by atoms with E-state index < -0.39 is 0 Å². The van der Waals surface area contributed by atoms with Crippen LogP contribution in [0, 0.1) is 5.41 Å². The predicted molar refractivity (Wildman–Crippen MR) is 77.6 cm³/mol. The van der Waals surface area contributed by atoms with Crippen molar-refractivity contribution >= 4 is 0 Å². The highest BCUT2D eigenvalue weighted by atomic mass is 16.5. The van der Waals surface area contributed by atoms with E-state index in [4.69, 9.17) is 4.74 Å². The molecule has 0 aromatic carbocycles. The third kappa shape index (κ3) is 2.54. The Balaban J connectivity index is 1.71. The number of piperidine rings is 1. The number of nitrogens with zero attached hydrogens (tertiary/aromatic N) is 2. The van der Waals surface area contributed by atoms with Gasteiger partial charge in [-0.2, -0.15) is 0 Å². The number of hydrogen-bond acceptors (Lipinski definition) is 4. The molecule has 4 nitrogen and oxygen atoms in total. The fraction of sp³-hybridized carbons (Fsp3) is 0.688. The molecule has 110 valence electrons. The molecule has 2 heterocycles. The molecule has 4 heteroatoms. The van der Waals surface area contributed by atoms with Gasteiger partial charge >= 0.3 is 0 Å². The largest absolute Gasteiger partial charge is 0.481 e. The number of ether oxygens (including phenoxy) is 1. The topological polar surface area (TPSA) is 45.6 Å². The zero-order valence-electron chi connectivity index (χ0n) is 12.2. The molecule has 1 aromatic rings. The van der Waals surface area contributed by atoms with Crippen molar-refractivity contribution in [1.29, 1.82) is 0 Å². The Morgan fingerprint density at radius 2 is 2.30 bits per heavy atom. The van der Waals surface area contributed by atoms with E-state index in [2.05, 4.69) is 16.0 Å². The van der Waals surface area contributed by atoms with Crippen LogP contribution in [0.3, 0.4) is 0 Å². The van der Waals surface area contributed by atoms with E-state index in [1.165, 1.54) is 25.7 Å². The van der Waals surface area contributed by atoms with E-state index in [0.717, 1.165) is 37.5 Å². The molecule has 2 fully saturated rings. The number of rotatable bonds is 3. The highest BCUT2D eigenvalue weighted by Gasteiger charge is 2.44. The van der Waals surface area contributed by atoms with Crippen molar-refractivity contribution < 1.29 is 9.84 Å². The minimum atomic E-state index is -0.110. The summed E-state index contributed by atoms with van der Waals surface area (Å²) in [6.45, 7) is 2.98. The van der Waals surface area contributed by atoms with Crippen LogP contribution in [0.5, 0.6) is 5.88 Å². The molecular formula is C16H24N2O2. The number of aromatic nitrogens is 1. The Labute approximate surface area is 120 Å². The van der Waals surface area contributed by atoms with Crippen LogP contribution in [0.25, 0.3) is 0 Å². The molecule has 0 unspecified atom stereocenters. The molecule has 1 aromatic heterocycles. The highest BCUT2D eigenvalue weighted by molar-refractivity contribution is 5.25. The van der Waals surface area contributed by atoms with E-state index in [1.54, 1.807) is 13.3 Å². The SMILES string of the molecule is COc1ncccc1CN1CCC[C@@]2(CCC[C@H]2O)C1. The second-order valence-electron chi connectivity index (χ2n) is 6.26. The maximum absolute atomic E-state index is 10.3. The smallest absolute Gasteiger partial charge is 0.217 e. The summed E-state index contributed by atoms with van der Waals surface area (Å²) in [4.78, 5) is 6.72. The number of methoxy groups -OCH3 is 1.